The lowest BCUT2D eigenvalue weighted by Gasteiger charge is -2.26. The van der Waals surface area contributed by atoms with Gasteiger partial charge in [-0.2, -0.15) is 0 Å². The normalized spacial score (nSPS) is 17.1. The molecular weight excluding hydrogens is 320 g/mol. The van der Waals surface area contributed by atoms with E-state index in [1.54, 1.807) is 19.2 Å². The Bertz CT molecular complexity index is 568. The van der Waals surface area contributed by atoms with Crippen molar-refractivity contribution in [2.45, 2.75) is 57.7 Å². The molecule has 0 radical (unpaired) electrons. The lowest BCUT2D eigenvalue weighted by atomic mass is 9.96. The van der Waals surface area contributed by atoms with E-state index in [-0.39, 0.29) is 11.7 Å². The van der Waals surface area contributed by atoms with Crippen LogP contribution in [0.3, 0.4) is 0 Å². The molecule has 1 aromatic rings. The summed E-state index contributed by atoms with van der Waals surface area (Å²) in [5.74, 6) is 0.773. The SMILES string of the molecule is COCC(C)NC(=NCc1ccc([N+](=O)[O-])cc1)NC1CCCCC1. The number of nitrogens with zero attached hydrogens (tertiary/aromatic N) is 2. The van der Waals surface area contributed by atoms with Gasteiger partial charge in [-0.3, -0.25) is 10.1 Å². The van der Waals surface area contributed by atoms with Crippen LogP contribution >= 0.6 is 0 Å². The van der Waals surface area contributed by atoms with Gasteiger partial charge >= 0.3 is 0 Å². The molecule has 1 aliphatic carbocycles. The Morgan fingerprint density at radius 2 is 2.00 bits per heavy atom. The fourth-order valence-electron chi connectivity index (χ4n) is 2.99. The van der Waals surface area contributed by atoms with Crippen molar-refractivity contribution in [3.63, 3.8) is 0 Å². The van der Waals surface area contributed by atoms with E-state index in [0.29, 0.717) is 19.2 Å². The molecule has 0 saturated heterocycles. The Morgan fingerprint density at radius 3 is 2.60 bits per heavy atom. The Balaban J connectivity index is 2.01. The third-order valence-electron chi connectivity index (χ3n) is 4.31. The molecule has 1 saturated carbocycles. The van der Waals surface area contributed by atoms with Crippen molar-refractivity contribution in [1.29, 1.82) is 0 Å². The van der Waals surface area contributed by atoms with Gasteiger partial charge in [-0.05, 0) is 25.3 Å². The molecule has 1 aromatic carbocycles. The second-order valence-electron chi connectivity index (χ2n) is 6.57. The summed E-state index contributed by atoms with van der Waals surface area (Å²) >= 11 is 0. The van der Waals surface area contributed by atoms with Crippen LogP contribution < -0.4 is 10.6 Å². The van der Waals surface area contributed by atoms with Gasteiger partial charge in [0.2, 0.25) is 0 Å². The van der Waals surface area contributed by atoms with Gasteiger partial charge in [0.05, 0.1) is 18.1 Å². The summed E-state index contributed by atoms with van der Waals surface area (Å²) in [5.41, 5.74) is 1.04. The number of benzene rings is 1. The largest absolute Gasteiger partial charge is 0.383 e. The maximum Gasteiger partial charge on any atom is 0.269 e. The molecule has 0 aromatic heterocycles. The van der Waals surface area contributed by atoms with Gasteiger partial charge in [-0.15, -0.1) is 0 Å². The first kappa shape index (κ1) is 19.2. The average molecular weight is 348 g/mol. The number of guanidine groups is 1. The smallest absolute Gasteiger partial charge is 0.269 e. The van der Waals surface area contributed by atoms with Crippen LogP contribution in [0.1, 0.15) is 44.6 Å². The Kier molecular flexibility index (Phi) is 7.66. The molecule has 7 heteroatoms. The minimum atomic E-state index is -0.392. The van der Waals surface area contributed by atoms with Gasteiger partial charge < -0.3 is 15.4 Å². The highest BCUT2D eigenvalue weighted by Gasteiger charge is 2.15. The maximum absolute atomic E-state index is 10.7. The summed E-state index contributed by atoms with van der Waals surface area (Å²) in [6.45, 7) is 3.12. The number of non-ortho nitro benzene ring substituents is 1. The van der Waals surface area contributed by atoms with Crippen molar-refractivity contribution >= 4 is 11.6 Å². The van der Waals surface area contributed by atoms with Crippen LogP contribution in [0.4, 0.5) is 5.69 Å². The first-order valence-electron chi connectivity index (χ1n) is 8.88. The van der Waals surface area contributed by atoms with Crippen LogP contribution in [0.2, 0.25) is 0 Å². The van der Waals surface area contributed by atoms with Gasteiger partial charge in [-0.25, -0.2) is 4.99 Å². The Labute approximate surface area is 149 Å². The summed E-state index contributed by atoms with van der Waals surface area (Å²) in [6.07, 6.45) is 6.14. The van der Waals surface area contributed by atoms with E-state index in [2.05, 4.69) is 15.6 Å². The van der Waals surface area contributed by atoms with Crippen LogP contribution in [0.5, 0.6) is 0 Å². The zero-order chi connectivity index (χ0) is 18.1. The molecule has 138 valence electrons. The van der Waals surface area contributed by atoms with Gasteiger partial charge in [0.15, 0.2) is 5.96 Å². The van der Waals surface area contributed by atoms with Crippen LogP contribution in [-0.4, -0.2) is 36.7 Å². The third-order valence-corrected chi connectivity index (χ3v) is 4.31. The van der Waals surface area contributed by atoms with Crippen LogP contribution in [-0.2, 0) is 11.3 Å². The minimum Gasteiger partial charge on any atom is -0.383 e. The fraction of sp³-hybridized carbons (Fsp3) is 0.611. The average Bonchev–Trinajstić information content (AvgIpc) is 2.61. The second kappa shape index (κ2) is 9.98. The topological polar surface area (TPSA) is 88.8 Å². The molecule has 1 atom stereocenters. The van der Waals surface area contributed by atoms with E-state index in [1.807, 2.05) is 6.92 Å². The molecule has 25 heavy (non-hydrogen) atoms. The summed E-state index contributed by atoms with van der Waals surface area (Å²) < 4.78 is 5.18. The van der Waals surface area contributed by atoms with Crippen molar-refractivity contribution in [3.05, 3.63) is 39.9 Å². The standard InChI is InChI=1S/C18H28N4O3/c1-14(13-25-2)20-18(21-16-6-4-3-5-7-16)19-12-15-8-10-17(11-9-15)22(23)24/h8-11,14,16H,3-7,12-13H2,1-2H3,(H2,19,20,21). The van der Waals surface area contributed by atoms with Crippen molar-refractivity contribution < 1.29 is 9.66 Å². The van der Waals surface area contributed by atoms with Crippen molar-refractivity contribution in [1.82, 2.24) is 10.6 Å². The van der Waals surface area contributed by atoms with Gasteiger partial charge in [0.25, 0.3) is 5.69 Å². The van der Waals surface area contributed by atoms with Gasteiger partial charge in [0, 0.05) is 31.3 Å². The summed E-state index contributed by atoms with van der Waals surface area (Å²) in [7, 11) is 1.68. The fourth-order valence-corrected chi connectivity index (χ4v) is 2.99. The van der Waals surface area contributed by atoms with Crippen molar-refractivity contribution in [3.8, 4) is 0 Å². The van der Waals surface area contributed by atoms with Crippen molar-refractivity contribution in [2.75, 3.05) is 13.7 Å². The van der Waals surface area contributed by atoms with Crippen molar-refractivity contribution in [2.24, 2.45) is 4.99 Å². The number of nitro groups is 1. The summed E-state index contributed by atoms with van der Waals surface area (Å²) in [4.78, 5) is 15.0. The molecule has 0 aliphatic heterocycles. The van der Waals surface area contributed by atoms with Crippen LogP contribution in [0, 0.1) is 10.1 Å². The number of ether oxygens (including phenoxy) is 1. The van der Waals surface area contributed by atoms with Gasteiger partial charge in [0.1, 0.15) is 0 Å². The number of methoxy groups -OCH3 is 1. The number of nitrogens with one attached hydrogen (secondary N) is 2. The summed E-state index contributed by atoms with van der Waals surface area (Å²) in [5, 5.41) is 17.6. The monoisotopic (exact) mass is 348 g/mol. The minimum absolute atomic E-state index is 0.0973. The van der Waals surface area contributed by atoms with E-state index < -0.39 is 4.92 Å². The number of nitro benzene ring substituents is 1. The summed E-state index contributed by atoms with van der Waals surface area (Å²) in [6, 6.07) is 7.13. The van der Waals surface area contributed by atoms with Crippen LogP contribution in [0.25, 0.3) is 0 Å². The zero-order valence-corrected chi connectivity index (χ0v) is 15.0. The highest BCUT2D eigenvalue weighted by atomic mass is 16.6. The molecule has 0 amide bonds. The van der Waals surface area contributed by atoms with E-state index in [9.17, 15) is 10.1 Å². The maximum atomic E-state index is 10.7. The molecule has 7 nitrogen and oxygen atoms in total. The van der Waals surface area contributed by atoms with E-state index in [4.69, 9.17) is 4.74 Å². The quantitative estimate of drug-likeness (QED) is 0.342. The Hall–Kier alpha value is -2.15. The molecule has 1 aliphatic rings. The van der Waals surface area contributed by atoms with E-state index in [1.165, 1.54) is 31.4 Å². The predicted molar refractivity (Wildman–Crippen MR) is 98.7 cm³/mol. The number of rotatable bonds is 7. The number of hydrogen-bond acceptors (Lipinski definition) is 4. The molecule has 1 fully saturated rings. The van der Waals surface area contributed by atoms with Crippen LogP contribution in [0.15, 0.2) is 29.3 Å². The van der Waals surface area contributed by atoms with Gasteiger partial charge in [-0.1, -0.05) is 31.4 Å². The van der Waals surface area contributed by atoms with E-state index >= 15 is 0 Å². The molecular formula is C18H28N4O3. The first-order chi connectivity index (χ1) is 12.1. The molecule has 0 heterocycles. The highest BCUT2D eigenvalue weighted by Crippen LogP contribution is 2.17. The molecule has 0 spiro atoms. The lowest BCUT2D eigenvalue weighted by Crippen LogP contribution is -2.48. The third kappa shape index (κ3) is 6.70. The molecule has 1 unspecified atom stereocenters. The number of aliphatic imine (C=N–C) groups is 1. The molecule has 2 rings (SSSR count). The lowest BCUT2D eigenvalue weighted by molar-refractivity contribution is -0.384. The molecule has 0 bridgehead atoms. The first-order valence-corrected chi connectivity index (χ1v) is 8.88. The zero-order valence-electron chi connectivity index (χ0n) is 15.0. The number of hydrogen-bond donors (Lipinski definition) is 2. The second-order valence-corrected chi connectivity index (χ2v) is 6.57. The molecule has 2 N–H and O–H groups in total. The Morgan fingerprint density at radius 1 is 1.32 bits per heavy atom. The predicted octanol–water partition coefficient (Wildman–Crippen LogP) is 3.00. The highest BCUT2D eigenvalue weighted by molar-refractivity contribution is 5.80. The van der Waals surface area contributed by atoms with E-state index in [0.717, 1.165) is 24.4 Å².